The van der Waals surface area contributed by atoms with Gasteiger partial charge in [0.2, 0.25) is 5.95 Å². The molecule has 3 N–H and O–H groups in total. The van der Waals surface area contributed by atoms with Gasteiger partial charge >= 0.3 is 0 Å². The van der Waals surface area contributed by atoms with Crippen molar-refractivity contribution in [3.05, 3.63) is 65.9 Å². The molecule has 0 radical (unpaired) electrons. The molecule has 0 aliphatic carbocycles. The number of nitrogens with one attached hydrogen (secondary N) is 3. The average Bonchev–Trinajstić information content (AvgIpc) is 3.26. The third kappa shape index (κ3) is 4.04. The summed E-state index contributed by atoms with van der Waals surface area (Å²) in [6.45, 7) is 7.60. The Hall–Kier alpha value is -3.58. The minimum absolute atomic E-state index is 0.544. The van der Waals surface area contributed by atoms with Crippen LogP contribution in [0.4, 0.5) is 28.8 Å². The van der Waals surface area contributed by atoms with Gasteiger partial charge in [-0.2, -0.15) is 9.97 Å². The number of morpholine rings is 1. The quantitative estimate of drug-likeness (QED) is 0.431. The summed E-state index contributed by atoms with van der Waals surface area (Å²) in [6, 6.07) is 16.6. The molecule has 1 fully saturated rings. The summed E-state index contributed by atoms with van der Waals surface area (Å²) in [7, 11) is 0. The third-order valence-electron chi connectivity index (χ3n) is 5.64. The highest BCUT2D eigenvalue weighted by molar-refractivity contribution is 5.91. The number of aromatic amines is 1. The van der Waals surface area contributed by atoms with E-state index in [9.17, 15) is 0 Å². The molecular weight excluding hydrogens is 388 g/mol. The highest BCUT2D eigenvalue weighted by atomic mass is 16.5. The second-order valence-corrected chi connectivity index (χ2v) is 7.80. The highest BCUT2D eigenvalue weighted by Crippen LogP contribution is 2.29. The van der Waals surface area contributed by atoms with Gasteiger partial charge in [-0.3, -0.25) is 0 Å². The van der Waals surface area contributed by atoms with Crippen LogP contribution in [0.15, 0.2) is 54.7 Å². The lowest BCUT2D eigenvalue weighted by Gasteiger charge is -2.28. The van der Waals surface area contributed by atoms with Crippen molar-refractivity contribution in [3.63, 3.8) is 0 Å². The molecule has 1 saturated heterocycles. The molecule has 0 unspecified atom stereocenters. The number of ether oxygens (including phenoxy) is 1. The maximum atomic E-state index is 5.44. The molecule has 0 atom stereocenters. The van der Waals surface area contributed by atoms with Crippen molar-refractivity contribution in [1.29, 1.82) is 0 Å². The molecule has 1 aliphatic heterocycles. The zero-order valence-corrected chi connectivity index (χ0v) is 17.8. The van der Waals surface area contributed by atoms with Crippen molar-refractivity contribution < 1.29 is 4.74 Å². The lowest BCUT2D eigenvalue weighted by Crippen LogP contribution is -2.36. The Morgan fingerprint density at radius 2 is 1.65 bits per heavy atom. The molecule has 7 heteroatoms. The van der Waals surface area contributed by atoms with Crippen LogP contribution < -0.4 is 15.5 Å². The van der Waals surface area contributed by atoms with Gasteiger partial charge in [0.1, 0.15) is 11.5 Å². The Morgan fingerprint density at radius 1 is 0.903 bits per heavy atom. The van der Waals surface area contributed by atoms with E-state index in [0.29, 0.717) is 5.95 Å². The van der Waals surface area contributed by atoms with Gasteiger partial charge in [-0.05, 0) is 55.3 Å². The van der Waals surface area contributed by atoms with Gasteiger partial charge in [-0.15, -0.1) is 0 Å². The van der Waals surface area contributed by atoms with Gasteiger partial charge in [-0.25, -0.2) is 0 Å². The van der Waals surface area contributed by atoms with E-state index in [0.717, 1.165) is 54.5 Å². The van der Waals surface area contributed by atoms with E-state index in [-0.39, 0.29) is 0 Å². The fourth-order valence-corrected chi connectivity index (χ4v) is 3.93. The van der Waals surface area contributed by atoms with Crippen LogP contribution in [0.3, 0.4) is 0 Å². The Kier molecular flexibility index (Phi) is 5.18. The van der Waals surface area contributed by atoms with Crippen molar-refractivity contribution in [2.75, 3.05) is 41.8 Å². The van der Waals surface area contributed by atoms with E-state index in [1.807, 2.05) is 12.3 Å². The maximum Gasteiger partial charge on any atom is 0.231 e. The van der Waals surface area contributed by atoms with Crippen molar-refractivity contribution in [2.45, 2.75) is 13.8 Å². The van der Waals surface area contributed by atoms with Crippen LogP contribution in [-0.2, 0) is 4.74 Å². The Morgan fingerprint density at radius 3 is 2.39 bits per heavy atom. The maximum absolute atomic E-state index is 5.44. The number of rotatable bonds is 5. The highest BCUT2D eigenvalue weighted by Gasteiger charge is 2.13. The van der Waals surface area contributed by atoms with Crippen LogP contribution in [0.5, 0.6) is 0 Å². The molecule has 7 nitrogen and oxygen atoms in total. The lowest BCUT2D eigenvalue weighted by atomic mass is 10.1. The summed E-state index contributed by atoms with van der Waals surface area (Å²) in [4.78, 5) is 15.0. The molecular formula is C24H26N6O. The molecule has 0 bridgehead atoms. The number of fused-ring (bicyclic) bond motifs is 1. The molecule has 3 heterocycles. The van der Waals surface area contributed by atoms with Crippen LogP contribution in [-0.4, -0.2) is 41.3 Å². The number of benzene rings is 2. The summed E-state index contributed by atoms with van der Waals surface area (Å²) >= 11 is 0. The Bertz CT molecular complexity index is 1170. The van der Waals surface area contributed by atoms with Crippen molar-refractivity contribution in [2.24, 2.45) is 0 Å². The number of hydrogen-bond acceptors (Lipinski definition) is 6. The summed E-state index contributed by atoms with van der Waals surface area (Å²) in [5.74, 6) is 1.32. The first-order valence-electron chi connectivity index (χ1n) is 10.6. The van der Waals surface area contributed by atoms with Crippen LogP contribution >= 0.6 is 0 Å². The number of anilines is 5. The lowest BCUT2D eigenvalue weighted by molar-refractivity contribution is 0.122. The largest absolute Gasteiger partial charge is 0.378 e. The minimum atomic E-state index is 0.544. The van der Waals surface area contributed by atoms with E-state index < -0.39 is 0 Å². The molecule has 0 spiro atoms. The van der Waals surface area contributed by atoms with Crippen LogP contribution in [0, 0.1) is 13.8 Å². The molecule has 2 aromatic heterocycles. The Labute approximate surface area is 181 Å². The molecule has 4 aromatic rings. The first kappa shape index (κ1) is 19.4. The number of aryl methyl sites for hydroxylation is 2. The van der Waals surface area contributed by atoms with Gasteiger partial charge in [0.25, 0.3) is 0 Å². The van der Waals surface area contributed by atoms with Gasteiger partial charge in [0.15, 0.2) is 0 Å². The monoisotopic (exact) mass is 414 g/mol. The minimum Gasteiger partial charge on any atom is -0.378 e. The molecule has 5 rings (SSSR count). The standard InChI is InChI=1S/C24H26N6O/c1-16-4-3-5-17(2)21(16)27-23-20-10-11-25-22(20)28-24(29-23)26-18-6-8-19(9-7-18)30-12-14-31-15-13-30/h3-11H,12-15H2,1-2H3,(H3,25,26,27,28,29). The third-order valence-corrected chi connectivity index (χ3v) is 5.64. The summed E-state index contributed by atoms with van der Waals surface area (Å²) in [5, 5.41) is 7.82. The molecule has 2 aromatic carbocycles. The summed E-state index contributed by atoms with van der Waals surface area (Å²) in [5.41, 5.74) is 6.36. The van der Waals surface area contributed by atoms with Crippen LogP contribution in [0.2, 0.25) is 0 Å². The summed E-state index contributed by atoms with van der Waals surface area (Å²) in [6.07, 6.45) is 1.89. The smallest absolute Gasteiger partial charge is 0.231 e. The SMILES string of the molecule is Cc1cccc(C)c1Nc1nc(Nc2ccc(N3CCOCC3)cc2)nc2[nH]ccc12. The molecule has 0 amide bonds. The fourth-order valence-electron chi connectivity index (χ4n) is 3.93. The van der Waals surface area contributed by atoms with Gasteiger partial charge in [-0.1, -0.05) is 18.2 Å². The normalized spacial score (nSPS) is 14.1. The topological polar surface area (TPSA) is 78.1 Å². The first-order chi connectivity index (χ1) is 15.2. The van der Waals surface area contributed by atoms with Crippen LogP contribution in [0.25, 0.3) is 11.0 Å². The fraction of sp³-hybridized carbons (Fsp3) is 0.250. The van der Waals surface area contributed by atoms with E-state index >= 15 is 0 Å². The second-order valence-electron chi connectivity index (χ2n) is 7.80. The number of nitrogens with zero attached hydrogens (tertiary/aromatic N) is 3. The Balaban J connectivity index is 1.41. The molecule has 0 saturated carbocycles. The van der Waals surface area contributed by atoms with Crippen molar-refractivity contribution in [1.82, 2.24) is 15.0 Å². The van der Waals surface area contributed by atoms with E-state index in [4.69, 9.17) is 9.72 Å². The summed E-state index contributed by atoms with van der Waals surface area (Å²) < 4.78 is 5.44. The van der Waals surface area contributed by atoms with E-state index in [1.165, 1.54) is 16.8 Å². The van der Waals surface area contributed by atoms with Gasteiger partial charge in [0.05, 0.1) is 18.6 Å². The zero-order chi connectivity index (χ0) is 21.2. The zero-order valence-electron chi connectivity index (χ0n) is 17.8. The van der Waals surface area contributed by atoms with Gasteiger partial charge < -0.3 is 25.3 Å². The number of aromatic nitrogens is 3. The van der Waals surface area contributed by atoms with E-state index in [2.05, 4.69) is 81.8 Å². The molecule has 31 heavy (non-hydrogen) atoms. The average molecular weight is 415 g/mol. The van der Waals surface area contributed by atoms with E-state index in [1.54, 1.807) is 0 Å². The number of hydrogen-bond donors (Lipinski definition) is 3. The predicted molar refractivity (Wildman–Crippen MR) is 126 cm³/mol. The van der Waals surface area contributed by atoms with Crippen molar-refractivity contribution >= 4 is 39.9 Å². The van der Waals surface area contributed by atoms with Crippen molar-refractivity contribution in [3.8, 4) is 0 Å². The number of para-hydroxylation sites is 1. The molecule has 1 aliphatic rings. The second kappa shape index (κ2) is 8.28. The predicted octanol–water partition coefficient (Wildman–Crippen LogP) is 4.90. The first-order valence-corrected chi connectivity index (χ1v) is 10.6. The van der Waals surface area contributed by atoms with Crippen LogP contribution in [0.1, 0.15) is 11.1 Å². The number of H-pyrrole nitrogens is 1. The molecule has 158 valence electrons. The van der Waals surface area contributed by atoms with Gasteiger partial charge in [0, 0.05) is 36.3 Å².